The summed E-state index contributed by atoms with van der Waals surface area (Å²) >= 11 is 5.84. The third-order valence-corrected chi connectivity index (χ3v) is 4.45. The van der Waals surface area contributed by atoms with Crippen LogP contribution in [0.3, 0.4) is 0 Å². The Balaban J connectivity index is -0.000000901. The number of halogens is 1. The number of ketones is 1. The molecule has 0 aliphatic rings. The van der Waals surface area contributed by atoms with Gasteiger partial charge >= 0.3 is 43.7 Å². The number of hydrogen-bond donors (Lipinski definition) is 1. The number of hydrogen-bond acceptors (Lipinski definition) is 5. The Morgan fingerprint density at radius 1 is 1.00 bits per heavy atom. The van der Waals surface area contributed by atoms with Crippen LogP contribution in [0.4, 0.5) is 0 Å². The Morgan fingerprint density at radius 3 is 1.82 bits per heavy atom. The Labute approximate surface area is 235 Å². The minimum atomic E-state index is -1.12. The van der Waals surface area contributed by atoms with Crippen molar-refractivity contribution in [3.63, 3.8) is 0 Å². The smallest absolute Gasteiger partial charge is 1.00 e. The van der Waals surface area contributed by atoms with Crippen molar-refractivity contribution in [2.24, 2.45) is 0 Å². The second-order valence-corrected chi connectivity index (χ2v) is 9.60. The quantitative estimate of drug-likeness (QED) is 0.251. The Kier molecular flexibility index (Phi) is 13.8. The largest absolute Gasteiger partial charge is 2.00 e. The summed E-state index contributed by atoms with van der Waals surface area (Å²) in [5, 5.41) is 8.97. The maximum absolute atomic E-state index is 12.4. The number of benzene rings is 2. The molecule has 0 radical (unpaired) electrons. The van der Waals surface area contributed by atoms with Crippen molar-refractivity contribution >= 4 is 61.1 Å². The molecule has 0 atom stereocenters. The van der Waals surface area contributed by atoms with Gasteiger partial charge in [0.05, 0.1) is 33.9 Å². The molecule has 8 heteroatoms. The fourth-order valence-electron chi connectivity index (χ4n) is 2.43. The minimum Gasteiger partial charge on any atom is -1.00 e. The van der Waals surface area contributed by atoms with Gasteiger partial charge in [0.1, 0.15) is 12.3 Å². The predicted molar refractivity (Wildman–Crippen MR) is 135 cm³/mol. The van der Waals surface area contributed by atoms with Crippen molar-refractivity contribution in [2.75, 3.05) is 34.3 Å². The van der Waals surface area contributed by atoms with Gasteiger partial charge in [-0.05, 0) is 76.2 Å². The van der Waals surface area contributed by atoms with Crippen LogP contribution in [0.1, 0.15) is 46.5 Å². The molecule has 0 bridgehead atoms. The van der Waals surface area contributed by atoms with E-state index in [0.29, 0.717) is 21.9 Å². The minimum absolute atomic E-state index is 0. The van der Waals surface area contributed by atoms with E-state index in [1.807, 2.05) is 0 Å². The van der Waals surface area contributed by atoms with Crippen LogP contribution in [0, 0.1) is 0 Å². The van der Waals surface area contributed by atoms with Crippen molar-refractivity contribution in [2.45, 2.75) is 39.4 Å². The van der Waals surface area contributed by atoms with Crippen LogP contribution in [0.25, 0.3) is 0 Å². The monoisotopic (exact) mass is 506 g/mol. The molecule has 0 aliphatic carbocycles. The van der Waals surface area contributed by atoms with Crippen LogP contribution in [0.15, 0.2) is 48.5 Å². The van der Waals surface area contributed by atoms with Crippen LogP contribution < -0.4 is 4.74 Å². The Hall–Kier alpha value is -1.15. The van der Waals surface area contributed by atoms with Crippen molar-refractivity contribution in [3.8, 4) is 5.75 Å². The summed E-state index contributed by atoms with van der Waals surface area (Å²) in [5.41, 5.74) is -0.0393. The average molecular weight is 507 g/mol. The first-order valence-corrected chi connectivity index (χ1v) is 10.8. The Morgan fingerprint density at radius 2 is 1.45 bits per heavy atom. The zero-order valence-corrected chi connectivity index (χ0v) is 23.7. The normalized spacial score (nSPS) is 11.1. The van der Waals surface area contributed by atoms with Gasteiger partial charge in [0.25, 0.3) is 0 Å². The van der Waals surface area contributed by atoms with Gasteiger partial charge in [-0.25, -0.2) is 4.79 Å². The fourth-order valence-corrected chi connectivity index (χ4v) is 2.56. The van der Waals surface area contributed by atoms with Gasteiger partial charge in [-0.3, -0.25) is 4.79 Å². The number of carbonyl (C=O) groups is 2. The average Bonchev–Trinajstić information content (AvgIpc) is 2.67. The molecule has 0 fully saturated rings. The van der Waals surface area contributed by atoms with Gasteiger partial charge < -0.3 is 21.9 Å². The third-order valence-electron chi connectivity index (χ3n) is 4.20. The van der Waals surface area contributed by atoms with Gasteiger partial charge in [-0.1, -0.05) is 11.6 Å². The van der Waals surface area contributed by atoms with E-state index in [4.69, 9.17) is 26.2 Å². The summed E-state index contributed by atoms with van der Waals surface area (Å²) in [6, 6.07) is 13.4. The van der Waals surface area contributed by atoms with Gasteiger partial charge in [0.15, 0.2) is 11.4 Å². The summed E-state index contributed by atoms with van der Waals surface area (Å²) in [6.07, 6.45) is -0.213. The van der Waals surface area contributed by atoms with E-state index in [1.54, 1.807) is 76.2 Å². The topological polar surface area (TPSA) is 72.8 Å². The number of esters is 1. The molecular weight excluding hydrogens is 470 g/mol. The standard InChI is InChI=1S/C20H21ClO4.C5H14NO.Ca.2H/c1-13(2)24-19(23)20(3,4)25-17-11-7-15(8-12-17)18(22)14-5-9-16(21)10-6-14;1-6(2,3)4-5-7;;;/h5-13H,1-4H3;7H,4-5H2,1-3H3;;;/q;+1;+2;2*-1. The molecule has 0 amide bonds. The van der Waals surface area contributed by atoms with Gasteiger partial charge in [0, 0.05) is 16.1 Å². The molecule has 0 saturated carbocycles. The molecule has 33 heavy (non-hydrogen) atoms. The van der Waals surface area contributed by atoms with Gasteiger partial charge in [0.2, 0.25) is 0 Å². The van der Waals surface area contributed by atoms with Crippen molar-refractivity contribution in [3.05, 3.63) is 64.7 Å². The maximum Gasteiger partial charge on any atom is 2.00 e. The van der Waals surface area contributed by atoms with Crippen LogP contribution >= 0.6 is 11.6 Å². The predicted octanol–water partition coefficient (Wildman–Crippen LogP) is 4.21. The van der Waals surface area contributed by atoms with Crippen LogP contribution in [0.5, 0.6) is 5.75 Å². The summed E-state index contributed by atoms with van der Waals surface area (Å²) < 4.78 is 11.7. The molecule has 0 unspecified atom stereocenters. The zero-order chi connectivity index (χ0) is 24.5. The van der Waals surface area contributed by atoms with E-state index < -0.39 is 11.6 Å². The number of aliphatic hydroxyl groups is 1. The fraction of sp³-hybridized carbons (Fsp3) is 0.440. The molecule has 2 rings (SSSR count). The zero-order valence-electron chi connectivity index (χ0n) is 22.7. The summed E-state index contributed by atoms with van der Waals surface area (Å²) in [4.78, 5) is 24.5. The maximum atomic E-state index is 12.4. The number of rotatable bonds is 8. The van der Waals surface area contributed by atoms with Crippen molar-refractivity contribution in [1.82, 2.24) is 0 Å². The van der Waals surface area contributed by atoms with Gasteiger partial charge in [-0.2, -0.15) is 0 Å². The first-order chi connectivity index (χ1) is 14.7. The van der Waals surface area contributed by atoms with Crippen LogP contribution in [0.2, 0.25) is 5.02 Å². The summed E-state index contributed by atoms with van der Waals surface area (Å²) in [6.45, 7) is 7.97. The first kappa shape index (κ1) is 31.8. The molecule has 0 aromatic heterocycles. The van der Waals surface area contributed by atoms with E-state index in [0.717, 1.165) is 11.0 Å². The number of nitrogens with zero attached hydrogens (tertiary/aromatic N) is 1. The molecule has 2 aromatic rings. The Bertz CT molecular complexity index is 886. The number of aliphatic hydroxyl groups excluding tert-OH is 1. The van der Waals surface area contributed by atoms with Crippen molar-refractivity contribution in [1.29, 1.82) is 0 Å². The SMILES string of the molecule is CC(C)OC(=O)C(C)(C)Oc1ccc(C(=O)c2ccc(Cl)cc2)cc1.C[N+](C)(C)CCO.[Ca+2].[H-].[H-]. The van der Waals surface area contributed by atoms with Gasteiger partial charge in [-0.15, -0.1) is 0 Å². The summed E-state index contributed by atoms with van der Waals surface area (Å²) in [7, 11) is 6.16. The first-order valence-electron chi connectivity index (χ1n) is 10.5. The van der Waals surface area contributed by atoms with E-state index in [1.165, 1.54) is 0 Å². The number of ether oxygens (including phenoxy) is 2. The second kappa shape index (κ2) is 14.3. The summed E-state index contributed by atoms with van der Waals surface area (Å²) in [5.74, 6) is -0.0659. The van der Waals surface area contributed by atoms with E-state index >= 15 is 0 Å². The number of carbonyl (C=O) groups excluding carboxylic acids is 2. The molecular formula is C25H37CaClNO5+. The van der Waals surface area contributed by atoms with Crippen LogP contribution in [-0.2, 0) is 9.53 Å². The second-order valence-electron chi connectivity index (χ2n) is 9.16. The molecule has 0 spiro atoms. The molecule has 180 valence electrons. The van der Waals surface area contributed by atoms with E-state index in [9.17, 15) is 9.59 Å². The number of quaternary nitrogens is 1. The van der Waals surface area contributed by atoms with Crippen LogP contribution in [-0.4, -0.2) is 105 Å². The van der Waals surface area contributed by atoms with E-state index in [2.05, 4.69) is 21.1 Å². The molecule has 0 aliphatic heterocycles. The molecule has 0 saturated heterocycles. The van der Waals surface area contributed by atoms with Crippen molar-refractivity contribution < 1.29 is 31.5 Å². The number of likely N-dealkylation sites (N-methyl/N-ethyl adjacent to an activating group) is 1. The third kappa shape index (κ3) is 12.2. The van der Waals surface area contributed by atoms with E-state index in [-0.39, 0.29) is 59.1 Å². The molecule has 6 nitrogen and oxygen atoms in total. The molecule has 2 aromatic carbocycles. The molecule has 1 N–H and O–H groups in total. The molecule has 0 heterocycles.